The second-order valence-electron chi connectivity index (χ2n) is 5.83. The highest BCUT2D eigenvalue weighted by atomic mass is 16.6. The van der Waals surface area contributed by atoms with Gasteiger partial charge >= 0.3 is 0 Å². The van der Waals surface area contributed by atoms with Gasteiger partial charge in [0.05, 0.1) is 12.7 Å². The lowest BCUT2D eigenvalue weighted by atomic mass is 10.0. The largest absolute Gasteiger partial charge is 0.372 e. The van der Waals surface area contributed by atoms with Crippen molar-refractivity contribution in [1.82, 2.24) is 14.7 Å². The van der Waals surface area contributed by atoms with E-state index in [9.17, 15) is 0 Å². The first-order valence-electron chi connectivity index (χ1n) is 7.08. The number of piperazine rings is 1. The lowest BCUT2D eigenvalue weighted by molar-refractivity contribution is 0.0620. The molecule has 0 radical (unpaired) electrons. The van der Waals surface area contributed by atoms with Gasteiger partial charge in [0.25, 0.3) is 0 Å². The van der Waals surface area contributed by atoms with E-state index in [1.165, 1.54) is 58.7 Å². The fourth-order valence-corrected chi connectivity index (χ4v) is 3.13. The van der Waals surface area contributed by atoms with Gasteiger partial charge in [-0.15, -0.1) is 0 Å². The van der Waals surface area contributed by atoms with E-state index in [0.29, 0.717) is 6.10 Å². The van der Waals surface area contributed by atoms with Crippen LogP contribution in [0, 0.1) is 0 Å². The number of hydrogen-bond acceptors (Lipinski definition) is 4. The van der Waals surface area contributed by atoms with Crippen LogP contribution in [0.15, 0.2) is 0 Å². The zero-order chi connectivity index (χ0) is 11.7. The van der Waals surface area contributed by atoms with Gasteiger partial charge in [-0.3, -0.25) is 9.80 Å². The lowest BCUT2D eigenvalue weighted by Gasteiger charge is -2.42. The average Bonchev–Trinajstić information content (AvgIpc) is 3.15. The molecule has 98 valence electrons. The molecule has 0 amide bonds. The molecule has 0 aromatic carbocycles. The Hall–Kier alpha value is -0.160. The molecule has 3 heterocycles. The fourth-order valence-electron chi connectivity index (χ4n) is 3.13. The molecule has 4 nitrogen and oxygen atoms in total. The van der Waals surface area contributed by atoms with E-state index in [1.807, 2.05) is 0 Å². The molecule has 0 N–H and O–H groups in total. The van der Waals surface area contributed by atoms with Crippen molar-refractivity contribution in [1.29, 1.82) is 0 Å². The number of piperidine rings is 1. The first-order chi connectivity index (χ1) is 8.31. The van der Waals surface area contributed by atoms with Gasteiger partial charge in [-0.25, -0.2) is 0 Å². The number of likely N-dealkylation sites (tertiary alicyclic amines) is 1. The predicted octanol–water partition coefficient (Wildman–Crippen LogP) is 0.0970. The molecule has 17 heavy (non-hydrogen) atoms. The maximum Gasteiger partial charge on any atom is 0.0936 e. The fraction of sp³-hybridized carbons (Fsp3) is 1.00. The third-order valence-corrected chi connectivity index (χ3v) is 4.48. The molecule has 1 atom stereocenters. The summed E-state index contributed by atoms with van der Waals surface area (Å²) in [6.07, 6.45) is 3.29. The van der Waals surface area contributed by atoms with E-state index in [2.05, 4.69) is 21.7 Å². The summed E-state index contributed by atoms with van der Waals surface area (Å²) in [4.78, 5) is 7.75. The summed E-state index contributed by atoms with van der Waals surface area (Å²) in [6, 6.07) is 0.852. The highest BCUT2D eigenvalue weighted by Crippen LogP contribution is 2.18. The van der Waals surface area contributed by atoms with Crippen LogP contribution in [0.3, 0.4) is 0 Å². The molecule has 0 aromatic rings. The Bertz CT molecular complexity index is 241. The van der Waals surface area contributed by atoms with Gasteiger partial charge in [0, 0.05) is 38.8 Å². The van der Waals surface area contributed by atoms with Crippen molar-refractivity contribution in [2.45, 2.75) is 25.0 Å². The molecule has 4 heteroatoms. The molecule has 3 aliphatic heterocycles. The molecule has 3 fully saturated rings. The van der Waals surface area contributed by atoms with Crippen molar-refractivity contribution < 1.29 is 4.74 Å². The number of nitrogens with zero attached hydrogens (tertiary/aromatic N) is 3. The first-order valence-corrected chi connectivity index (χ1v) is 7.08. The standard InChI is InChI=1S/C13H25N3O/c1-14-4-2-12(3-5-14)16-8-6-15(7-9-16)10-13-11-17-13/h12-13H,2-11H2,1H3. The van der Waals surface area contributed by atoms with Crippen LogP contribution in [0.25, 0.3) is 0 Å². The summed E-state index contributed by atoms with van der Waals surface area (Å²) in [7, 11) is 2.24. The quantitative estimate of drug-likeness (QED) is 0.651. The van der Waals surface area contributed by atoms with Crippen LogP contribution < -0.4 is 0 Å². The van der Waals surface area contributed by atoms with Gasteiger partial charge in [-0.1, -0.05) is 0 Å². The summed E-state index contributed by atoms with van der Waals surface area (Å²) >= 11 is 0. The Balaban J connectivity index is 1.41. The maximum absolute atomic E-state index is 5.31. The van der Waals surface area contributed by atoms with E-state index >= 15 is 0 Å². The van der Waals surface area contributed by atoms with Crippen LogP contribution in [0.5, 0.6) is 0 Å². The van der Waals surface area contributed by atoms with E-state index in [-0.39, 0.29) is 0 Å². The smallest absolute Gasteiger partial charge is 0.0936 e. The molecule has 1 unspecified atom stereocenters. The molecule has 0 aliphatic carbocycles. The van der Waals surface area contributed by atoms with E-state index < -0.39 is 0 Å². The second kappa shape index (κ2) is 5.22. The minimum absolute atomic E-state index is 0.560. The monoisotopic (exact) mass is 239 g/mol. The van der Waals surface area contributed by atoms with Crippen molar-refractivity contribution in [3.8, 4) is 0 Å². The Morgan fingerprint density at radius 2 is 1.65 bits per heavy atom. The topological polar surface area (TPSA) is 22.2 Å². The van der Waals surface area contributed by atoms with Gasteiger partial charge < -0.3 is 9.64 Å². The van der Waals surface area contributed by atoms with Crippen LogP contribution >= 0.6 is 0 Å². The molecule has 0 aromatic heterocycles. The van der Waals surface area contributed by atoms with Crippen molar-refractivity contribution >= 4 is 0 Å². The second-order valence-corrected chi connectivity index (χ2v) is 5.83. The van der Waals surface area contributed by atoms with Gasteiger partial charge in [0.1, 0.15) is 0 Å². The van der Waals surface area contributed by atoms with Crippen molar-refractivity contribution in [2.24, 2.45) is 0 Å². The Kier molecular flexibility index (Phi) is 3.66. The van der Waals surface area contributed by atoms with Gasteiger partial charge in [-0.05, 0) is 33.0 Å². The summed E-state index contributed by atoms with van der Waals surface area (Å²) in [5.74, 6) is 0. The van der Waals surface area contributed by atoms with E-state index in [1.54, 1.807) is 0 Å². The van der Waals surface area contributed by atoms with Crippen LogP contribution in [-0.4, -0.2) is 86.3 Å². The third kappa shape index (κ3) is 3.19. The minimum Gasteiger partial charge on any atom is -0.372 e. The summed E-state index contributed by atoms with van der Waals surface area (Å²) in [6.45, 7) is 9.73. The Labute approximate surface area is 104 Å². The molecule has 3 saturated heterocycles. The number of hydrogen-bond donors (Lipinski definition) is 0. The minimum atomic E-state index is 0.560. The highest BCUT2D eigenvalue weighted by molar-refractivity contribution is 4.84. The molecular formula is C13H25N3O. The van der Waals surface area contributed by atoms with Gasteiger partial charge in [0.15, 0.2) is 0 Å². The van der Waals surface area contributed by atoms with E-state index in [4.69, 9.17) is 4.74 Å². The van der Waals surface area contributed by atoms with Crippen molar-refractivity contribution in [3.05, 3.63) is 0 Å². The molecule has 3 rings (SSSR count). The summed E-state index contributed by atoms with van der Waals surface area (Å²) in [5.41, 5.74) is 0. The van der Waals surface area contributed by atoms with Crippen molar-refractivity contribution in [3.63, 3.8) is 0 Å². The zero-order valence-corrected chi connectivity index (χ0v) is 11.0. The predicted molar refractivity (Wildman–Crippen MR) is 68.3 cm³/mol. The number of rotatable bonds is 3. The normalized spacial score (nSPS) is 34.1. The zero-order valence-electron chi connectivity index (χ0n) is 11.0. The SMILES string of the molecule is CN1CCC(N2CCN(CC3CO3)CC2)CC1. The third-order valence-electron chi connectivity index (χ3n) is 4.48. The molecule has 3 aliphatic rings. The Morgan fingerprint density at radius 3 is 2.24 bits per heavy atom. The highest BCUT2D eigenvalue weighted by Gasteiger charge is 2.30. The molecular weight excluding hydrogens is 214 g/mol. The summed E-state index contributed by atoms with van der Waals surface area (Å²) in [5, 5.41) is 0. The van der Waals surface area contributed by atoms with Crippen LogP contribution in [0.2, 0.25) is 0 Å². The van der Waals surface area contributed by atoms with Crippen molar-refractivity contribution in [2.75, 3.05) is 59.5 Å². The molecule has 0 saturated carbocycles. The maximum atomic E-state index is 5.31. The van der Waals surface area contributed by atoms with E-state index in [0.717, 1.165) is 12.6 Å². The molecule has 0 bridgehead atoms. The Morgan fingerprint density at radius 1 is 1.00 bits per heavy atom. The summed E-state index contributed by atoms with van der Waals surface area (Å²) < 4.78 is 5.31. The van der Waals surface area contributed by atoms with Crippen LogP contribution in [-0.2, 0) is 4.74 Å². The average molecular weight is 239 g/mol. The van der Waals surface area contributed by atoms with Crippen LogP contribution in [0.1, 0.15) is 12.8 Å². The van der Waals surface area contributed by atoms with Gasteiger partial charge in [0.2, 0.25) is 0 Å². The molecule has 0 spiro atoms. The number of epoxide rings is 1. The number of ether oxygens (including phenoxy) is 1. The van der Waals surface area contributed by atoms with Crippen LogP contribution in [0.4, 0.5) is 0 Å². The lowest BCUT2D eigenvalue weighted by Crippen LogP contribution is -2.53. The van der Waals surface area contributed by atoms with Gasteiger partial charge in [-0.2, -0.15) is 0 Å². The first kappa shape index (κ1) is 11.9.